The van der Waals surface area contributed by atoms with E-state index < -0.39 is 11.2 Å². The van der Waals surface area contributed by atoms with E-state index in [9.17, 15) is 14.9 Å². The zero-order chi connectivity index (χ0) is 11.0. The van der Waals surface area contributed by atoms with Gasteiger partial charge >= 0.3 is 0 Å². The summed E-state index contributed by atoms with van der Waals surface area (Å²) < 4.78 is 5.28. The summed E-state index contributed by atoms with van der Waals surface area (Å²) in [5.74, 6) is 0.0179. The molecular formula is C9H8N2O4. The zero-order valence-corrected chi connectivity index (χ0v) is 7.89. The number of benzene rings is 1. The van der Waals surface area contributed by atoms with Gasteiger partial charge in [-0.3, -0.25) is 14.9 Å². The van der Waals surface area contributed by atoms with Crippen LogP contribution >= 0.6 is 0 Å². The number of hydrogen-bond acceptors (Lipinski definition) is 4. The van der Waals surface area contributed by atoms with Crippen molar-refractivity contribution in [3.63, 3.8) is 0 Å². The molecule has 1 atom stereocenters. The third-order valence-electron chi connectivity index (χ3n) is 2.06. The van der Waals surface area contributed by atoms with Crippen molar-refractivity contribution in [3.8, 4) is 5.75 Å². The standard InChI is InChI=1S/C9H8N2O4/c1-5-10-9(12)7-4-6(11(13)14)2-3-8(7)15-5/h2-5H,1H3,(H,10,12). The Balaban J connectivity index is 2.48. The largest absolute Gasteiger partial charge is 0.470 e. The van der Waals surface area contributed by atoms with Crippen molar-refractivity contribution in [1.29, 1.82) is 0 Å². The van der Waals surface area contributed by atoms with Crippen LogP contribution in [0.3, 0.4) is 0 Å². The quantitative estimate of drug-likeness (QED) is 0.552. The first-order chi connectivity index (χ1) is 7.08. The Labute approximate surface area is 85.0 Å². The molecule has 6 nitrogen and oxygen atoms in total. The monoisotopic (exact) mass is 208 g/mol. The van der Waals surface area contributed by atoms with E-state index in [1.54, 1.807) is 6.92 Å². The van der Waals surface area contributed by atoms with E-state index >= 15 is 0 Å². The van der Waals surface area contributed by atoms with Crippen molar-refractivity contribution < 1.29 is 14.5 Å². The Morgan fingerprint density at radius 3 is 2.93 bits per heavy atom. The number of non-ortho nitro benzene ring substituents is 1. The maximum Gasteiger partial charge on any atom is 0.270 e. The third-order valence-corrected chi connectivity index (χ3v) is 2.06. The van der Waals surface area contributed by atoms with Crippen LogP contribution < -0.4 is 10.1 Å². The minimum absolute atomic E-state index is 0.123. The fourth-order valence-electron chi connectivity index (χ4n) is 1.39. The van der Waals surface area contributed by atoms with Gasteiger partial charge in [-0.15, -0.1) is 0 Å². The molecular weight excluding hydrogens is 200 g/mol. The summed E-state index contributed by atoms with van der Waals surface area (Å²) >= 11 is 0. The second kappa shape index (κ2) is 3.23. The summed E-state index contributed by atoms with van der Waals surface area (Å²) in [7, 11) is 0. The summed E-state index contributed by atoms with van der Waals surface area (Å²) in [5.41, 5.74) is 0.0735. The van der Waals surface area contributed by atoms with Crippen LogP contribution in [0.1, 0.15) is 17.3 Å². The third kappa shape index (κ3) is 1.61. The lowest BCUT2D eigenvalue weighted by molar-refractivity contribution is -0.384. The molecule has 0 aliphatic carbocycles. The van der Waals surface area contributed by atoms with Crippen LogP contribution in [0.4, 0.5) is 5.69 Å². The highest BCUT2D eigenvalue weighted by Gasteiger charge is 2.24. The Bertz CT molecular complexity index is 444. The molecule has 1 amide bonds. The van der Waals surface area contributed by atoms with Gasteiger partial charge in [-0.1, -0.05) is 0 Å². The molecule has 0 fully saturated rings. The van der Waals surface area contributed by atoms with Crippen LogP contribution in [0.5, 0.6) is 5.75 Å². The van der Waals surface area contributed by atoms with Gasteiger partial charge in [-0.2, -0.15) is 0 Å². The molecule has 78 valence electrons. The SMILES string of the molecule is CC1NC(=O)c2cc([N+](=O)[O-])ccc2O1. The van der Waals surface area contributed by atoms with Gasteiger partial charge in [0, 0.05) is 12.1 Å². The van der Waals surface area contributed by atoms with Gasteiger partial charge in [0.2, 0.25) is 0 Å². The normalized spacial score (nSPS) is 18.7. The van der Waals surface area contributed by atoms with Crippen LogP contribution in [0, 0.1) is 10.1 Å². The Hall–Kier alpha value is -2.11. The number of nitrogens with zero attached hydrogens (tertiary/aromatic N) is 1. The van der Waals surface area contributed by atoms with Crippen LogP contribution in [0.15, 0.2) is 18.2 Å². The van der Waals surface area contributed by atoms with Crippen molar-refractivity contribution in [2.45, 2.75) is 13.2 Å². The van der Waals surface area contributed by atoms with E-state index in [0.29, 0.717) is 5.75 Å². The number of nitro benzene ring substituents is 1. The summed E-state index contributed by atoms with van der Waals surface area (Å²) in [6.45, 7) is 1.68. The summed E-state index contributed by atoms with van der Waals surface area (Å²) in [4.78, 5) is 21.4. The zero-order valence-electron chi connectivity index (χ0n) is 7.89. The number of carbonyl (C=O) groups excluding carboxylic acids is 1. The van der Waals surface area contributed by atoms with Crippen molar-refractivity contribution in [2.75, 3.05) is 0 Å². The average molecular weight is 208 g/mol. The van der Waals surface area contributed by atoms with Crippen molar-refractivity contribution in [3.05, 3.63) is 33.9 Å². The van der Waals surface area contributed by atoms with Gasteiger partial charge in [-0.25, -0.2) is 0 Å². The van der Waals surface area contributed by atoms with Gasteiger partial charge in [0.1, 0.15) is 5.75 Å². The van der Waals surface area contributed by atoms with Crippen molar-refractivity contribution in [2.24, 2.45) is 0 Å². The van der Waals surface area contributed by atoms with Crippen LogP contribution in [0.2, 0.25) is 0 Å². The maximum atomic E-state index is 11.5. The number of fused-ring (bicyclic) bond motifs is 1. The van der Waals surface area contributed by atoms with Gasteiger partial charge in [0.05, 0.1) is 10.5 Å². The van der Waals surface area contributed by atoms with Crippen LogP contribution in [-0.2, 0) is 0 Å². The first-order valence-corrected chi connectivity index (χ1v) is 4.34. The summed E-state index contributed by atoms with van der Waals surface area (Å²) in [5, 5.41) is 13.0. The Morgan fingerprint density at radius 2 is 2.27 bits per heavy atom. The number of amides is 1. The van der Waals surface area contributed by atoms with Crippen molar-refractivity contribution >= 4 is 11.6 Å². The highest BCUT2D eigenvalue weighted by atomic mass is 16.6. The van der Waals surface area contributed by atoms with E-state index in [2.05, 4.69) is 5.32 Å². The highest BCUT2D eigenvalue weighted by molar-refractivity contribution is 5.98. The average Bonchev–Trinajstić information content (AvgIpc) is 2.16. The predicted molar refractivity (Wildman–Crippen MR) is 50.7 cm³/mol. The van der Waals surface area contributed by atoms with Gasteiger partial charge in [0.25, 0.3) is 11.6 Å². The molecule has 1 N–H and O–H groups in total. The smallest absolute Gasteiger partial charge is 0.270 e. The second-order valence-electron chi connectivity index (χ2n) is 3.17. The molecule has 1 aromatic carbocycles. The minimum Gasteiger partial charge on any atom is -0.470 e. The Kier molecular flexibility index (Phi) is 2.03. The van der Waals surface area contributed by atoms with E-state index in [1.165, 1.54) is 18.2 Å². The molecule has 1 aliphatic heterocycles. The molecule has 1 heterocycles. The van der Waals surface area contributed by atoms with Crippen LogP contribution in [-0.4, -0.2) is 17.1 Å². The van der Waals surface area contributed by atoms with Gasteiger partial charge < -0.3 is 10.1 Å². The molecule has 0 saturated heterocycles. The number of hydrogen-bond donors (Lipinski definition) is 1. The first-order valence-electron chi connectivity index (χ1n) is 4.34. The topological polar surface area (TPSA) is 81.5 Å². The van der Waals surface area contributed by atoms with E-state index in [4.69, 9.17) is 4.74 Å². The fourth-order valence-corrected chi connectivity index (χ4v) is 1.39. The lowest BCUT2D eigenvalue weighted by Gasteiger charge is -2.23. The maximum absolute atomic E-state index is 11.5. The van der Waals surface area contributed by atoms with Gasteiger partial charge in [0.15, 0.2) is 6.23 Å². The van der Waals surface area contributed by atoms with Crippen LogP contribution in [0.25, 0.3) is 0 Å². The molecule has 1 unspecified atom stereocenters. The number of nitro groups is 1. The van der Waals surface area contributed by atoms with E-state index in [0.717, 1.165) is 0 Å². The van der Waals surface area contributed by atoms with Crippen molar-refractivity contribution in [1.82, 2.24) is 5.32 Å². The Morgan fingerprint density at radius 1 is 1.53 bits per heavy atom. The van der Waals surface area contributed by atoms with Gasteiger partial charge in [-0.05, 0) is 13.0 Å². The number of ether oxygens (including phenoxy) is 1. The summed E-state index contributed by atoms with van der Waals surface area (Å²) in [6, 6.07) is 3.95. The predicted octanol–water partition coefficient (Wildman–Crippen LogP) is 1.06. The molecule has 0 saturated carbocycles. The molecule has 2 rings (SSSR count). The number of rotatable bonds is 1. The lowest BCUT2D eigenvalue weighted by atomic mass is 10.1. The molecule has 1 aliphatic rings. The molecule has 1 aromatic rings. The summed E-state index contributed by atoms with van der Waals surface area (Å²) in [6.07, 6.45) is -0.411. The molecule has 0 spiro atoms. The molecule has 6 heteroatoms. The molecule has 15 heavy (non-hydrogen) atoms. The molecule has 0 radical (unpaired) electrons. The number of nitrogens with one attached hydrogen (secondary N) is 1. The molecule has 0 aromatic heterocycles. The lowest BCUT2D eigenvalue weighted by Crippen LogP contribution is -2.41. The fraction of sp³-hybridized carbons (Fsp3) is 0.222. The second-order valence-corrected chi connectivity index (χ2v) is 3.17. The first kappa shape index (κ1) is 9.45. The molecule has 0 bridgehead atoms. The highest BCUT2D eigenvalue weighted by Crippen LogP contribution is 2.27. The van der Waals surface area contributed by atoms with E-state index in [-0.39, 0.29) is 17.2 Å². The van der Waals surface area contributed by atoms with E-state index in [1.807, 2.05) is 0 Å². The minimum atomic E-state index is -0.550. The number of carbonyl (C=O) groups is 1.